The standard InChI is InChI=1S/C17H23N3O4S2/c1-19-7-5-14-15(19)3-2-4-16(14)24-13-17(21)18-6-12-26(22,23)20-8-10-25-11-9-20/h2-5,7H,6,8-13H2,1H3,(H,18,21). The summed E-state index contributed by atoms with van der Waals surface area (Å²) in [6.07, 6.45) is 1.93. The third-order valence-corrected chi connectivity index (χ3v) is 7.11. The van der Waals surface area contributed by atoms with Crippen molar-refractivity contribution < 1.29 is 17.9 Å². The van der Waals surface area contributed by atoms with Crippen LogP contribution in [0.25, 0.3) is 10.9 Å². The molecule has 26 heavy (non-hydrogen) atoms. The Morgan fingerprint density at radius 2 is 2.04 bits per heavy atom. The molecule has 0 aliphatic carbocycles. The molecule has 1 fully saturated rings. The highest BCUT2D eigenvalue weighted by Crippen LogP contribution is 2.25. The molecule has 0 spiro atoms. The van der Waals surface area contributed by atoms with Crippen LogP contribution in [0.5, 0.6) is 5.75 Å². The molecule has 1 N–H and O–H groups in total. The van der Waals surface area contributed by atoms with E-state index in [4.69, 9.17) is 4.74 Å². The number of aromatic nitrogens is 1. The first kappa shape index (κ1) is 19.1. The average Bonchev–Trinajstić information content (AvgIpc) is 3.02. The zero-order valence-electron chi connectivity index (χ0n) is 14.7. The van der Waals surface area contributed by atoms with E-state index < -0.39 is 10.0 Å². The first-order valence-corrected chi connectivity index (χ1v) is 11.2. The van der Waals surface area contributed by atoms with Gasteiger partial charge in [-0.3, -0.25) is 4.79 Å². The Hall–Kier alpha value is -1.71. The predicted octanol–water partition coefficient (Wildman–Crippen LogP) is 1.05. The molecular weight excluding hydrogens is 374 g/mol. The fourth-order valence-electron chi connectivity index (χ4n) is 2.87. The molecule has 1 aromatic carbocycles. The van der Waals surface area contributed by atoms with E-state index >= 15 is 0 Å². The van der Waals surface area contributed by atoms with Gasteiger partial charge in [0.2, 0.25) is 10.0 Å². The van der Waals surface area contributed by atoms with Crippen molar-refractivity contribution in [2.75, 3.05) is 43.5 Å². The molecule has 0 atom stereocenters. The summed E-state index contributed by atoms with van der Waals surface area (Å²) in [6, 6.07) is 7.60. The van der Waals surface area contributed by atoms with E-state index in [9.17, 15) is 13.2 Å². The second kappa shape index (κ2) is 8.32. The van der Waals surface area contributed by atoms with E-state index in [2.05, 4.69) is 5.32 Å². The summed E-state index contributed by atoms with van der Waals surface area (Å²) in [6.45, 7) is 1.04. The molecule has 1 amide bonds. The zero-order chi connectivity index (χ0) is 18.6. The Labute approximate surface area is 157 Å². The number of aryl methyl sites for hydroxylation is 1. The molecule has 2 aromatic rings. The Bertz CT molecular complexity index is 873. The van der Waals surface area contributed by atoms with Crippen LogP contribution < -0.4 is 10.1 Å². The van der Waals surface area contributed by atoms with E-state index in [1.165, 1.54) is 4.31 Å². The molecule has 1 aromatic heterocycles. The number of carbonyl (C=O) groups is 1. The summed E-state index contributed by atoms with van der Waals surface area (Å²) in [7, 11) is -1.37. The monoisotopic (exact) mass is 397 g/mol. The molecule has 0 radical (unpaired) electrons. The number of benzene rings is 1. The molecule has 142 valence electrons. The van der Waals surface area contributed by atoms with Crippen molar-refractivity contribution in [3.63, 3.8) is 0 Å². The highest BCUT2D eigenvalue weighted by atomic mass is 32.2. The first-order chi connectivity index (χ1) is 12.5. The molecule has 0 bridgehead atoms. The van der Waals surface area contributed by atoms with E-state index in [1.54, 1.807) is 11.8 Å². The Balaban J connectivity index is 1.47. The van der Waals surface area contributed by atoms with E-state index in [0.717, 1.165) is 22.4 Å². The van der Waals surface area contributed by atoms with Gasteiger partial charge in [-0.1, -0.05) is 6.07 Å². The second-order valence-electron chi connectivity index (χ2n) is 6.08. The molecule has 0 unspecified atom stereocenters. The number of nitrogens with zero attached hydrogens (tertiary/aromatic N) is 2. The van der Waals surface area contributed by atoms with Gasteiger partial charge in [0.1, 0.15) is 5.75 Å². The van der Waals surface area contributed by atoms with Gasteiger partial charge in [-0.05, 0) is 18.2 Å². The van der Waals surface area contributed by atoms with Crippen LogP contribution in [0, 0.1) is 0 Å². The summed E-state index contributed by atoms with van der Waals surface area (Å²) >= 11 is 1.76. The molecular formula is C17H23N3O4S2. The van der Waals surface area contributed by atoms with Crippen LogP contribution >= 0.6 is 11.8 Å². The number of carbonyl (C=O) groups excluding carboxylic acids is 1. The summed E-state index contributed by atoms with van der Waals surface area (Å²) in [4.78, 5) is 12.0. The maximum atomic E-state index is 12.2. The van der Waals surface area contributed by atoms with Crippen LogP contribution in [0.15, 0.2) is 30.5 Å². The predicted molar refractivity (Wildman–Crippen MR) is 104 cm³/mol. The summed E-state index contributed by atoms with van der Waals surface area (Å²) in [5.41, 5.74) is 1.02. The average molecular weight is 398 g/mol. The Morgan fingerprint density at radius 3 is 2.81 bits per heavy atom. The van der Waals surface area contributed by atoms with Crippen LogP contribution in [0.2, 0.25) is 0 Å². The summed E-state index contributed by atoms with van der Waals surface area (Å²) in [5.74, 6) is 1.87. The first-order valence-electron chi connectivity index (χ1n) is 8.46. The molecule has 7 nitrogen and oxygen atoms in total. The van der Waals surface area contributed by atoms with Gasteiger partial charge in [0.25, 0.3) is 5.91 Å². The lowest BCUT2D eigenvalue weighted by Crippen LogP contribution is -2.42. The lowest BCUT2D eigenvalue weighted by molar-refractivity contribution is -0.122. The lowest BCUT2D eigenvalue weighted by Gasteiger charge is -2.25. The molecule has 9 heteroatoms. The number of ether oxygens (including phenoxy) is 1. The number of hydrogen-bond donors (Lipinski definition) is 1. The molecule has 1 saturated heterocycles. The van der Waals surface area contributed by atoms with Gasteiger partial charge in [-0.25, -0.2) is 12.7 Å². The van der Waals surface area contributed by atoms with Gasteiger partial charge < -0.3 is 14.6 Å². The summed E-state index contributed by atoms with van der Waals surface area (Å²) in [5, 5.41) is 3.56. The topological polar surface area (TPSA) is 80.6 Å². The number of amides is 1. The highest BCUT2D eigenvalue weighted by molar-refractivity contribution is 7.99. The molecule has 1 aliphatic rings. The van der Waals surface area contributed by atoms with Crippen molar-refractivity contribution in [2.45, 2.75) is 0 Å². The molecule has 1 aliphatic heterocycles. The Morgan fingerprint density at radius 1 is 1.27 bits per heavy atom. The smallest absolute Gasteiger partial charge is 0.257 e. The van der Waals surface area contributed by atoms with E-state index in [0.29, 0.717) is 18.8 Å². The van der Waals surface area contributed by atoms with Gasteiger partial charge in [-0.15, -0.1) is 0 Å². The van der Waals surface area contributed by atoms with Gasteiger partial charge in [0, 0.05) is 49.8 Å². The minimum absolute atomic E-state index is 0.0856. The van der Waals surface area contributed by atoms with Crippen LogP contribution in [0.1, 0.15) is 0 Å². The van der Waals surface area contributed by atoms with Crippen molar-refractivity contribution >= 4 is 38.6 Å². The van der Waals surface area contributed by atoms with Gasteiger partial charge in [-0.2, -0.15) is 11.8 Å². The number of hydrogen-bond acceptors (Lipinski definition) is 5. The minimum atomic E-state index is -3.31. The largest absolute Gasteiger partial charge is 0.483 e. The van der Waals surface area contributed by atoms with Crippen LogP contribution in [0.3, 0.4) is 0 Å². The Kier molecular flexibility index (Phi) is 6.10. The van der Waals surface area contributed by atoms with Crippen LogP contribution in [-0.4, -0.2) is 66.7 Å². The fraction of sp³-hybridized carbons (Fsp3) is 0.471. The molecule has 3 rings (SSSR count). The van der Waals surface area contributed by atoms with Gasteiger partial charge in [0.05, 0.1) is 11.3 Å². The van der Waals surface area contributed by atoms with Crippen molar-refractivity contribution in [1.82, 2.24) is 14.2 Å². The maximum absolute atomic E-state index is 12.2. The van der Waals surface area contributed by atoms with Crippen LogP contribution in [0.4, 0.5) is 0 Å². The fourth-order valence-corrected chi connectivity index (χ4v) is 5.36. The van der Waals surface area contributed by atoms with E-state index in [1.807, 2.05) is 42.1 Å². The third kappa shape index (κ3) is 4.52. The highest BCUT2D eigenvalue weighted by Gasteiger charge is 2.23. The zero-order valence-corrected chi connectivity index (χ0v) is 16.3. The number of nitrogens with one attached hydrogen (secondary N) is 1. The summed E-state index contributed by atoms with van der Waals surface area (Å²) < 4.78 is 33.5. The minimum Gasteiger partial charge on any atom is -0.483 e. The second-order valence-corrected chi connectivity index (χ2v) is 9.39. The quantitative estimate of drug-likeness (QED) is 0.755. The SMILES string of the molecule is Cn1ccc2c(OCC(=O)NCCS(=O)(=O)N3CCSCC3)cccc21. The van der Waals surface area contributed by atoms with Crippen molar-refractivity contribution in [3.8, 4) is 5.75 Å². The molecule has 0 saturated carbocycles. The number of thioether (sulfide) groups is 1. The van der Waals surface area contributed by atoms with Gasteiger partial charge in [0.15, 0.2) is 6.61 Å². The van der Waals surface area contributed by atoms with Crippen molar-refractivity contribution in [2.24, 2.45) is 7.05 Å². The molecule has 2 heterocycles. The van der Waals surface area contributed by atoms with Crippen molar-refractivity contribution in [3.05, 3.63) is 30.5 Å². The van der Waals surface area contributed by atoms with Crippen molar-refractivity contribution in [1.29, 1.82) is 0 Å². The normalized spacial score (nSPS) is 15.9. The van der Waals surface area contributed by atoms with Crippen LogP contribution in [-0.2, 0) is 21.9 Å². The number of fused-ring (bicyclic) bond motifs is 1. The number of sulfonamides is 1. The third-order valence-electron chi connectivity index (χ3n) is 4.29. The van der Waals surface area contributed by atoms with Gasteiger partial charge >= 0.3 is 0 Å². The number of rotatable bonds is 7. The maximum Gasteiger partial charge on any atom is 0.257 e. The lowest BCUT2D eigenvalue weighted by atomic mass is 10.2. The van der Waals surface area contributed by atoms with E-state index in [-0.39, 0.29) is 24.8 Å².